The number of nitrogens with zero attached hydrogens (tertiary/aromatic N) is 2. The van der Waals surface area contributed by atoms with Crippen LogP contribution >= 0.6 is 0 Å². The van der Waals surface area contributed by atoms with Crippen LogP contribution in [0.5, 0.6) is 0 Å². The SMILES string of the molecule is CN(C(=O)c1n[nH]c(=O)c2ccccc12)C(C)(C)CO. The number of hydrogen-bond donors (Lipinski definition) is 2. The molecule has 20 heavy (non-hydrogen) atoms. The van der Waals surface area contributed by atoms with Crippen LogP contribution in [0.25, 0.3) is 10.8 Å². The second-order valence-electron chi connectivity index (χ2n) is 5.28. The fraction of sp³-hybridized carbons (Fsp3) is 0.357. The number of H-pyrrole nitrogens is 1. The molecule has 0 aliphatic heterocycles. The Kier molecular flexibility index (Phi) is 3.59. The van der Waals surface area contributed by atoms with Crippen molar-refractivity contribution < 1.29 is 9.90 Å². The number of aliphatic hydroxyl groups is 1. The minimum atomic E-state index is -0.712. The van der Waals surface area contributed by atoms with Crippen LogP contribution < -0.4 is 5.56 Å². The van der Waals surface area contributed by atoms with E-state index in [1.807, 2.05) is 0 Å². The number of benzene rings is 1. The van der Waals surface area contributed by atoms with E-state index in [0.29, 0.717) is 10.8 Å². The van der Waals surface area contributed by atoms with E-state index in [1.165, 1.54) is 4.90 Å². The Morgan fingerprint density at radius 3 is 2.55 bits per heavy atom. The lowest BCUT2D eigenvalue weighted by atomic mass is 10.0. The normalized spacial score (nSPS) is 11.6. The molecule has 1 heterocycles. The molecule has 1 amide bonds. The second-order valence-corrected chi connectivity index (χ2v) is 5.28. The monoisotopic (exact) mass is 275 g/mol. The Morgan fingerprint density at radius 1 is 1.35 bits per heavy atom. The molecule has 106 valence electrons. The predicted octanol–water partition coefficient (Wildman–Crippen LogP) is 0.766. The molecule has 0 aliphatic rings. The average Bonchev–Trinajstić information content (AvgIpc) is 2.46. The molecule has 1 aromatic heterocycles. The van der Waals surface area contributed by atoms with Gasteiger partial charge in [-0.05, 0) is 19.9 Å². The summed E-state index contributed by atoms with van der Waals surface area (Å²) in [6.07, 6.45) is 0. The highest BCUT2D eigenvalue weighted by Gasteiger charge is 2.29. The van der Waals surface area contributed by atoms with Crippen molar-refractivity contribution >= 4 is 16.7 Å². The van der Waals surface area contributed by atoms with Gasteiger partial charge >= 0.3 is 0 Å². The first-order valence-electron chi connectivity index (χ1n) is 6.25. The highest BCUT2D eigenvalue weighted by Crippen LogP contribution is 2.18. The number of aliphatic hydroxyl groups excluding tert-OH is 1. The van der Waals surface area contributed by atoms with Gasteiger partial charge in [0.05, 0.1) is 17.5 Å². The Labute approximate surface area is 116 Å². The first kappa shape index (κ1) is 14.2. The summed E-state index contributed by atoms with van der Waals surface area (Å²) in [6, 6.07) is 6.80. The lowest BCUT2D eigenvalue weighted by Gasteiger charge is -2.33. The van der Waals surface area contributed by atoms with E-state index in [9.17, 15) is 14.7 Å². The summed E-state index contributed by atoms with van der Waals surface area (Å²) in [5.41, 5.74) is -0.874. The number of aromatic nitrogens is 2. The van der Waals surface area contributed by atoms with Crippen LogP contribution in [0.3, 0.4) is 0 Å². The zero-order valence-electron chi connectivity index (χ0n) is 11.7. The van der Waals surface area contributed by atoms with Crippen molar-refractivity contribution in [2.24, 2.45) is 0 Å². The number of likely N-dealkylation sites (N-methyl/N-ethyl adjacent to an activating group) is 1. The Hall–Kier alpha value is -2.21. The molecule has 0 aliphatic carbocycles. The molecule has 0 saturated carbocycles. The van der Waals surface area contributed by atoms with Gasteiger partial charge in [-0.2, -0.15) is 5.10 Å². The van der Waals surface area contributed by atoms with E-state index in [-0.39, 0.29) is 23.8 Å². The van der Waals surface area contributed by atoms with Gasteiger partial charge in [0.2, 0.25) is 0 Å². The van der Waals surface area contributed by atoms with Crippen LogP contribution in [0.2, 0.25) is 0 Å². The number of fused-ring (bicyclic) bond motifs is 1. The number of rotatable bonds is 3. The number of carbonyl (C=O) groups is 1. The first-order chi connectivity index (χ1) is 9.38. The number of hydrogen-bond acceptors (Lipinski definition) is 4. The molecule has 0 saturated heterocycles. The molecular formula is C14H17N3O3. The Balaban J connectivity index is 2.57. The molecule has 0 spiro atoms. The summed E-state index contributed by atoms with van der Waals surface area (Å²) in [5.74, 6) is -0.350. The van der Waals surface area contributed by atoms with Crippen molar-refractivity contribution in [2.45, 2.75) is 19.4 Å². The van der Waals surface area contributed by atoms with Gasteiger partial charge in [0.25, 0.3) is 11.5 Å². The number of carbonyl (C=O) groups excluding carboxylic acids is 1. The standard InChI is InChI=1S/C14H17N3O3/c1-14(2,8-18)17(3)13(20)11-9-6-4-5-7-10(9)12(19)16-15-11/h4-7,18H,8H2,1-3H3,(H,16,19). The van der Waals surface area contributed by atoms with Gasteiger partial charge in [-0.25, -0.2) is 5.10 Å². The van der Waals surface area contributed by atoms with Gasteiger partial charge in [-0.3, -0.25) is 9.59 Å². The molecule has 2 aromatic rings. The van der Waals surface area contributed by atoms with Gasteiger partial charge in [-0.15, -0.1) is 0 Å². The Bertz CT molecular complexity index is 706. The maximum atomic E-state index is 12.5. The minimum Gasteiger partial charge on any atom is -0.394 e. The van der Waals surface area contributed by atoms with Crippen LogP contribution in [0, 0.1) is 0 Å². The maximum Gasteiger partial charge on any atom is 0.275 e. The average molecular weight is 275 g/mol. The smallest absolute Gasteiger partial charge is 0.275 e. The molecule has 6 heteroatoms. The number of amides is 1. The van der Waals surface area contributed by atoms with Crippen LogP contribution in [-0.2, 0) is 0 Å². The van der Waals surface area contributed by atoms with Gasteiger partial charge in [0.1, 0.15) is 0 Å². The van der Waals surface area contributed by atoms with Crippen molar-refractivity contribution in [2.75, 3.05) is 13.7 Å². The summed E-state index contributed by atoms with van der Waals surface area (Å²) in [7, 11) is 1.60. The minimum absolute atomic E-state index is 0.170. The van der Waals surface area contributed by atoms with E-state index in [0.717, 1.165) is 0 Å². The second kappa shape index (κ2) is 5.05. The summed E-state index contributed by atoms with van der Waals surface area (Å²) in [5, 5.41) is 16.5. The van der Waals surface area contributed by atoms with E-state index < -0.39 is 5.54 Å². The molecule has 2 N–H and O–H groups in total. The van der Waals surface area contributed by atoms with Crippen molar-refractivity contribution in [1.29, 1.82) is 0 Å². The third-order valence-electron chi connectivity index (χ3n) is 3.50. The van der Waals surface area contributed by atoms with Crippen molar-refractivity contribution in [1.82, 2.24) is 15.1 Å². The highest BCUT2D eigenvalue weighted by atomic mass is 16.3. The van der Waals surface area contributed by atoms with Gasteiger partial charge in [0.15, 0.2) is 5.69 Å². The zero-order valence-corrected chi connectivity index (χ0v) is 11.7. The lowest BCUT2D eigenvalue weighted by molar-refractivity contribution is 0.0468. The van der Waals surface area contributed by atoms with Crippen molar-refractivity contribution in [3.05, 3.63) is 40.3 Å². The number of nitrogens with one attached hydrogen (secondary N) is 1. The largest absolute Gasteiger partial charge is 0.394 e. The van der Waals surface area contributed by atoms with Crippen LogP contribution in [0.15, 0.2) is 29.1 Å². The fourth-order valence-electron chi connectivity index (χ4n) is 1.82. The molecule has 0 radical (unpaired) electrons. The van der Waals surface area contributed by atoms with E-state index >= 15 is 0 Å². The predicted molar refractivity (Wildman–Crippen MR) is 75.6 cm³/mol. The molecular weight excluding hydrogens is 258 g/mol. The molecule has 0 bridgehead atoms. The molecule has 0 unspecified atom stereocenters. The topological polar surface area (TPSA) is 86.3 Å². The first-order valence-corrected chi connectivity index (χ1v) is 6.25. The quantitative estimate of drug-likeness (QED) is 0.866. The number of aromatic amines is 1. The van der Waals surface area contributed by atoms with Crippen LogP contribution in [-0.4, -0.2) is 45.3 Å². The van der Waals surface area contributed by atoms with E-state index in [4.69, 9.17) is 0 Å². The third-order valence-corrected chi connectivity index (χ3v) is 3.50. The molecule has 2 rings (SSSR count). The van der Waals surface area contributed by atoms with Crippen molar-refractivity contribution in [3.63, 3.8) is 0 Å². The molecule has 6 nitrogen and oxygen atoms in total. The van der Waals surface area contributed by atoms with Crippen molar-refractivity contribution in [3.8, 4) is 0 Å². The zero-order chi connectivity index (χ0) is 14.9. The van der Waals surface area contributed by atoms with E-state index in [2.05, 4.69) is 10.2 Å². The molecule has 0 fully saturated rings. The van der Waals surface area contributed by atoms with Crippen LogP contribution in [0.4, 0.5) is 0 Å². The van der Waals surface area contributed by atoms with Crippen LogP contribution in [0.1, 0.15) is 24.3 Å². The van der Waals surface area contributed by atoms with Gasteiger partial charge < -0.3 is 10.0 Å². The maximum absolute atomic E-state index is 12.5. The Morgan fingerprint density at radius 2 is 1.95 bits per heavy atom. The highest BCUT2D eigenvalue weighted by molar-refractivity contribution is 6.04. The summed E-state index contributed by atoms with van der Waals surface area (Å²) in [4.78, 5) is 25.6. The molecule has 1 aromatic carbocycles. The summed E-state index contributed by atoms with van der Waals surface area (Å²) < 4.78 is 0. The van der Waals surface area contributed by atoms with Gasteiger partial charge in [0, 0.05) is 12.4 Å². The molecule has 0 atom stereocenters. The lowest BCUT2D eigenvalue weighted by Crippen LogP contribution is -2.48. The van der Waals surface area contributed by atoms with Gasteiger partial charge in [-0.1, -0.05) is 18.2 Å². The summed E-state index contributed by atoms with van der Waals surface area (Å²) in [6.45, 7) is 3.33. The third kappa shape index (κ3) is 2.30. The fourth-order valence-corrected chi connectivity index (χ4v) is 1.82. The summed E-state index contributed by atoms with van der Waals surface area (Å²) >= 11 is 0. The van der Waals surface area contributed by atoms with E-state index in [1.54, 1.807) is 45.2 Å².